The first-order valence-electron chi connectivity index (χ1n) is 7.56. The maximum absolute atomic E-state index is 13.8. The Bertz CT molecular complexity index is 437. The van der Waals surface area contributed by atoms with Crippen LogP contribution >= 0.6 is 0 Å². The average molecular weight is 312 g/mol. The van der Waals surface area contributed by atoms with E-state index in [-0.39, 0.29) is 6.04 Å². The number of halogens is 1. The number of aliphatic hydroxyl groups is 1. The van der Waals surface area contributed by atoms with Crippen molar-refractivity contribution >= 4 is 0 Å². The first kappa shape index (κ1) is 17.2. The fourth-order valence-corrected chi connectivity index (χ4v) is 2.99. The molecule has 0 aromatic carbocycles. The Morgan fingerprint density at radius 1 is 1.50 bits per heavy atom. The number of hydrogen-bond donors (Lipinski definition) is 1. The van der Waals surface area contributed by atoms with Gasteiger partial charge in [-0.3, -0.25) is 4.90 Å². The van der Waals surface area contributed by atoms with Crippen LogP contribution in [0.15, 0.2) is 18.7 Å². The van der Waals surface area contributed by atoms with Gasteiger partial charge in [-0.2, -0.15) is 0 Å². The van der Waals surface area contributed by atoms with E-state index in [1.807, 2.05) is 11.9 Å². The number of methoxy groups -OCH3 is 1. The number of hydrogen-bond acceptors (Lipinski definition) is 6. The third kappa shape index (κ3) is 5.24. The first-order chi connectivity index (χ1) is 10.6. The molecule has 1 fully saturated rings. The van der Waals surface area contributed by atoms with Crippen molar-refractivity contribution in [3.63, 3.8) is 0 Å². The summed E-state index contributed by atoms with van der Waals surface area (Å²) in [4.78, 5) is 12.2. The van der Waals surface area contributed by atoms with Crippen LogP contribution in [0.2, 0.25) is 0 Å². The summed E-state index contributed by atoms with van der Waals surface area (Å²) in [5, 5.41) is 9.78. The molecular weight excluding hydrogens is 287 g/mol. The quantitative estimate of drug-likeness (QED) is 0.746. The minimum Gasteiger partial charge on any atom is -0.389 e. The van der Waals surface area contributed by atoms with Gasteiger partial charge in [-0.15, -0.1) is 0 Å². The highest BCUT2D eigenvalue weighted by Gasteiger charge is 2.32. The van der Waals surface area contributed by atoms with Gasteiger partial charge in [0.1, 0.15) is 12.5 Å². The zero-order chi connectivity index (χ0) is 15.9. The molecule has 1 aliphatic rings. The van der Waals surface area contributed by atoms with E-state index >= 15 is 0 Å². The predicted octanol–water partition coefficient (Wildman–Crippen LogP) is 0.328. The summed E-state index contributed by atoms with van der Waals surface area (Å²) in [6, 6.07) is 0.134. The van der Waals surface area contributed by atoms with Crippen LogP contribution in [0, 0.1) is 0 Å². The Morgan fingerprint density at radius 2 is 2.23 bits per heavy atom. The van der Waals surface area contributed by atoms with Crippen LogP contribution in [0.4, 0.5) is 4.39 Å². The molecule has 6 nitrogen and oxygen atoms in total. The maximum atomic E-state index is 13.8. The highest BCUT2D eigenvalue weighted by atomic mass is 19.1. The molecule has 1 aromatic rings. The van der Waals surface area contributed by atoms with Crippen LogP contribution in [0.1, 0.15) is 12.0 Å². The van der Waals surface area contributed by atoms with Crippen molar-refractivity contribution < 1.29 is 14.2 Å². The van der Waals surface area contributed by atoms with Gasteiger partial charge >= 0.3 is 0 Å². The lowest BCUT2D eigenvalue weighted by molar-refractivity contribution is 0.0382. The summed E-state index contributed by atoms with van der Waals surface area (Å²) in [6.07, 6.45) is 4.23. The van der Waals surface area contributed by atoms with Gasteiger partial charge in [0.25, 0.3) is 0 Å². The molecule has 0 amide bonds. The van der Waals surface area contributed by atoms with Crippen LogP contribution in [0.25, 0.3) is 0 Å². The average Bonchev–Trinajstić information content (AvgIpc) is 2.79. The number of ether oxygens (including phenoxy) is 1. The molecule has 0 aliphatic carbocycles. The number of rotatable bonds is 8. The van der Waals surface area contributed by atoms with Crippen molar-refractivity contribution in [3.05, 3.63) is 24.3 Å². The zero-order valence-corrected chi connectivity index (χ0v) is 13.2. The van der Waals surface area contributed by atoms with E-state index in [0.717, 1.165) is 12.1 Å². The Morgan fingerprint density at radius 3 is 2.91 bits per heavy atom. The highest BCUT2D eigenvalue weighted by Crippen LogP contribution is 2.23. The highest BCUT2D eigenvalue weighted by molar-refractivity contribution is 5.04. The Hall–Kier alpha value is -1.15. The van der Waals surface area contributed by atoms with Crippen LogP contribution < -0.4 is 0 Å². The third-order valence-electron chi connectivity index (χ3n) is 3.88. The van der Waals surface area contributed by atoms with E-state index in [4.69, 9.17) is 4.74 Å². The predicted molar refractivity (Wildman–Crippen MR) is 81.1 cm³/mol. The molecule has 22 heavy (non-hydrogen) atoms. The van der Waals surface area contributed by atoms with Crippen LogP contribution in [-0.2, 0) is 11.3 Å². The van der Waals surface area contributed by atoms with Gasteiger partial charge in [-0.05, 0) is 13.5 Å². The molecule has 1 saturated heterocycles. The van der Waals surface area contributed by atoms with E-state index in [1.54, 1.807) is 19.5 Å². The fraction of sp³-hybridized carbons (Fsp3) is 0.733. The smallest absolute Gasteiger partial charge is 0.115 e. The van der Waals surface area contributed by atoms with E-state index in [2.05, 4.69) is 14.9 Å². The van der Waals surface area contributed by atoms with Crippen LogP contribution in [-0.4, -0.2) is 83.6 Å². The normalized spacial score (nSPS) is 24.0. The monoisotopic (exact) mass is 312 g/mol. The second kappa shape index (κ2) is 8.47. The molecule has 1 N–H and O–H groups in total. The Labute approximate surface area is 130 Å². The molecule has 1 aromatic heterocycles. The van der Waals surface area contributed by atoms with Crippen molar-refractivity contribution in [3.8, 4) is 0 Å². The van der Waals surface area contributed by atoms with E-state index < -0.39 is 12.3 Å². The molecule has 2 rings (SSSR count). The summed E-state index contributed by atoms with van der Waals surface area (Å²) in [5.74, 6) is 0. The van der Waals surface area contributed by atoms with Crippen molar-refractivity contribution in [2.75, 3.05) is 40.4 Å². The van der Waals surface area contributed by atoms with Gasteiger partial charge in [-0.25, -0.2) is 14.4 Å². The standard InChI is InChI=1S/C15H25FN4O2/c1-19(9-15(21)10-22-2)8-14-3-13(16)7-20(14)6-12-4-17-11-18-5-12/h4-5,11,13-15,21H,3,6-10H2,1-2H3/t13-,14-,15+/m0/s1. The summed E-state index contributed by atoms with van der Waals surface area (Å²) >= 11 is 0. The topological polar surface area (TPSA) is 61.7 Å². The van der Waals surface area contributed by atoms with Crippen LogP contribution in [0.3, 0.4) is 0 Å². The molecule has 124 valence electrons. The molecule has 7 heteroatoms. The third-order valence-corrected chi connectivity index (χ3v) is 3.88. The summed E-state index contributed by atoms with van der Waals surface area (Å²) in [7, 11) is 3.51. The molecule has 1 aliphatic heterocycles. The number of likely N-dealkylation sites (N-methyl/N-ethyl adjacent to an activating group) is 1. The van der Waals surface area contributed by atoms with Gasteiger partial charge in [0.2, 0.25) is 0 Å². The number of alkyl halides is 1. The van der Waals surface area contributed by atoms with Gasteiger partial charge in [0.05, 0.1) is 12.7 Å². The lowest BCUT2D eigenvalue weighted by Crippen LogP contribution is -2.41. The van der Waals surface area contributed by atoms with Gasteiger partial charge in [-0.1, -0.05) is 0 Å². The van der Waals surface area contributed by atoms with Gasteiger partial charge in [0.15, 0.2) is 0 Å². The van der Waals surface area contributed by atoms with Crippen molar-refractivity contribution in [2.45, 2.75) is 31.3 Å². The minimum atomic E-state index is -0.799. The number of nitrogens with zero attached hydrogens (tertiary/aromatic N) is 4. The molecular formula is C15H25FN4O2. The largest absolute Gasteiger partial charge is 0.389 e. The van der Waals surface area contributed by atoms with Gasteiger partial charge < -0.3 is 14.7 Å². The second-order valence-electron chi connectivity index (χ2n) is 5.99. The second-order valence-corrected chi connectivity index (χ2v) is 5.99. The Balaban J connectivity index is 1.87. The molecule has 0 saturated carbocycles. The van der Waals surface area contributed by atoms with E-state index in [0.29, 0.717) is 32.7 Å². The number of likely N-dealkylation sites (tertiary alicyclic amines) is 1. The molecule has 0 unspecified atom stereocenters. The lowest BCUT2D eigenvalue weighted by Gasteiger charge is -2.29. The molecule has 2 heterocycles. The van der Waals surface area contributed by atoms with Crippen molar-refractivity contribution in [2.24, 2.45) is 0 Å². The lowest BCUT2D eigenvalue weighted by atomic mass is 10.2. The van der Waals surface area contributed by atoms with Gasteiger partial charge in [0, 0.05) is 57.3 Å². The van der Waals surface area contributed by atoms with Crippen LogP contribution in [0.5, 0.6) is 0 Å². The van der Waals surface area contributed by atoms with Crippen molar-refractivity contribution in [1.29, 1.82) is 0 Å². The zero-order valence-electron chi connectivity index (χ0n) is 13.2. The molecule has 3 atom stereocenters. The number of aromatic nitrogens is 2. The molecule has 0 radical (unpaired) electrons. The minimum absolute atomic E-state index is 0.134. The van der Waals surface area contributed by atoms with E-state index in [1.165, 1.54) is 6.33 Å². The SMILES string of the molecule is COC[C@H](O)CN(C)C[C@@H]1C[C@H](F)CN1Cc1cncnc1. The Kier molecular flexibility index (Phi) is 6.63. The fourth-order valence-electron chi connectivity index (χ4n) is 2.99. The first-order valence-corrected chi connectivity index (χ1v) is 7.56. The molecule has 0 spiro atoms. The summed E-state index contributed by atoms with van der Waals surface area (Å²) in [5.41, 5.74) is 0.990. The summed E-state index contributed by atoms with van der Waals surface area (Å²) in [6.45, 7) is 2.64. The molecule has 0 bridgehead atoms. The number of aliphatic hydroxyl groups excluding tert-OH is 1. The summed E-state index contributed by atoms with van der Waals surface area (Å²) < 4.78 is 18.7. The van der Waals surface area contributed by atoms with Crippen molar-refractivity contribution in [1.82, 2.24) is 19.8 Å². The maximum Gasteiger partial charge on any atom is 0.115 e. The van der Waals surface area contributed by atoms with E-state index in [9.17, 15) is 9.50 Å².